The lowest BCUT2D eigenvalue weighted by Gasteiger charge is -2.01. The second kappa shape index (κ2) is 8.37. The van der Waals surface area contributed by atoms with Crippen LogP contribution in [-0.2, 0) is 4.74 Å². The number of anilines is 1. The normalized spacial score (nSPS) is 10.4. The van der Waals surface area contributed by atoms with Crippen molar-refractivity contribution < 1.29 is 9.53 Å². The maximum absolute atomic E-state index is 11.4. The van der Waals surface area contributed by atoms with Gasteiger partial charge in [-0.1, -0.05) is 6.42 Å². The van der Waals surface area contributed by atoms with Crippen LogP contribution in [0.25, 0.3) is 0 Å². The Balaban J connectivity index is 2.33. The molecule has 4 nitrogen and oxygen atoms in total. The number of nitrogens with one attached hydrogen (secondary N) is 1. The summed E-state index contributed by atoms with van der Waals surface area (Å²) in [5.74, 6) is 0.861. The molecule has 18 heavy (non-hydrogen) atoms. The molecule has 0 unspecified atom stereocenters. The summed E-state index contributed by atoms with van der Waals surface area (Å²) in [7, 11) is 1.37. The number of aryl methyl sites for hydroxylation is 1. The van der Waals surface area contributed by atoms with Gasteiger partial charge in [0.25, 0.3) is 0 Å². The topological polar surface area (TPSA) is 51.2 Å². The fourth-order valence-corrected chi connectivity index (χ4v) is 2.82. The predicted molar refractivity (Wildman–Crippen MR) is 78.9 cm³/mol. The molecule has 0 aromatic carbocycles. The van der Waals surface area contributed by atoms with Crippen molar-refractivity contribution in [3.05, 3.63) is 10.6 Å². The molecular formula is C12H20N2O2S2. The Morgan fingerprint density at radius 3 is 2.89 bits per heavy atom. The van der Waals surface area contributed by atoms with E-state index >= 15 is 0 Å². The van der Waals surface area contributed by atoms with Gasteiger partial charge in [-0.3, -0.25) is 0 Å². The van der Waals surface area contributed by atoms with Crippen LogP contribution in [0.4, 0.5) is 5.13 Å². The Kier molecular flexibility index (Phi) is 7.12. The molecular weight excluding hydrogens is 268 g/mol. The number of carbonyl (C=O) groups excluding carboxylic acids is 1. The maximum Gasteiger partial charge on any atom is 0.357 e. The molecule has 0 amide bonds. The van der Waals surface area contributed by atoms with Crippen molar-refractivity contribution in [2.75, 3.05) is 31.0 Å². The van der Waals surface area contributed by atoms with Gasteiger partial charge in [-0.15, -0.1) is 11.3 Å². The van der Waals surface area contributed by atoms with Gasteiger partial charge < -0.3 is 10.1 Å². The van der Waals surface area contributed by atoms with Crippen molar-refractivity contribution in [1.29, 1.82) is 0 Å². The van der Waals surface area contributed by atoms with Crippen LogP contribution in [0.5, 0.6) is 0 Å². The first-order valence-electron chi connectivity index (χ1n) is 5.97. The highest BCUT2D eigenvalue weighted by Crippen LogP contribution is 2.22. The van der Waals surface area contributed by atoms with Crippen molar-refractivity contribution in [2.24, 2.45) is 0 Å². The van der Waals surface area contributed by atoms with Crippen LogP contribution in [0.3, 0.4) is 0 Å². The minimum Gasteiger partial charge on any atom is -0.464 e. The van der Waals surface area contributed by atoms with Crippen LogP contribution in [0, 0.1) is 6.92 Å². The number of ether oxygens (including phenoxy) is 1. The highest BCUT2D eigenvalue weighted by molar-refractivity contribution is 7.98. The SMILES string of the molecule is COC(=O)c1nc(NCCCCCSC)sc1C. The molecule has 0 aliphatic heterocycles. The number of thiazole rings is 1. The monoisotopic (exact) mass is 288 g/mol. The van der Waals surface area contributed by atoms with E-state index in [0.29, 0.717) is 5.69 Å². The number of esters is 1. The van der Waals surface area contributed by atoms with Gasteiger partial charge in [-0.25, -0.2) is 9.78 Å². The number of thioether (sulfide) groups is 1. The molecule has 0 saturated heterocycles. The Morgan fingerprint density at radius 2 is 2.22 bits per heavy atom. The van der Waals surface area contributed by atoms with Crippen molar-refractivity contribution >= 4 is 34.2 Å². The first-order valence-corrected chi connectivity index (χ1v) is 8.18. The summed E-state index contributed by atoms with van der Waals surface area (Å²) in [5.41, 5.74) is 0.424. The molecule has 1 heterocycles. The highest BCUT2D eigenvalue weighted by atomic mass is 32.2. The molecule has 1 N–H and O–H groups in total. The van der Waals surface area contributed by atoms with Gasteiger partial charge in [0, 0.05) is 11.4 Å². The van der Waals surface area contributed by atoms with Crippen molar-refractivity contribution in [2.45, 2.75) is 26.2 Å². The zero-order chi connectivity index (χ0) is 13.4. The summed E-state index contributed by atoms with van der Waals surface area (Å²) < 4.78 is 4.68. The Bertz CT molecular complexity index is 380. The summed E-state index contributed by atoms with van der Waals surface area (Å²) in [6, 6.07) is 0. The molecule has 1 rings (SSSR count). The molecule has 0 atom stereocenters. The number of rotatable bonds is 8. The Morgan fingerprint density at radius 1 is 1.44 bits per heavy atom. The highest BCUT2D eigenvalue weighted by Gasteiger charge is 2.15. The molecule has 0 saturated carbocycles. The third-order valence-corrected chi connectivity index (χ3v) is 4.10. The minimum absolute atomic E-state index is 0.364. The third-order valence-electron chi connectivity index (χ3n) is 2.48. The number of aromatic nitrogens is 1. The number of carbonyl (C=O) groups is 1. The van der Waals surface area contributed by atoms with E-state index in [1.807, 2.05) is 18.7 Å². The van der Waals surface area contributed by atoms with Gasteiger partial charge in [0.15, 0.2) is 10.8 Å². The van der Waals surface area contributed by atoms with Gasteiger partial charge in [0.2, 0.25) is 0 Å². The zero-order valence-electron chi connectivity index (χ0n) is 11.1. The molecule has 6 heteroatoms. The fourth-order valence-electron chi connectivity index (χ4n) is 1.50. The van der Waals surface area contributed by atoms with Crippen molar-refractivity contribution in [3.8, 4) is 0 Å². The van der Waals surface area contributed by atoms with Gasteiger partial charge in [0.1, 0.15) is 0 Å². The smallest absolute Gasteiger partial charge is 0.357 e. The quantitative estimate of drug-likeness (QED) is 0.588. The lowest BCUT2D eigenvalue weighted by Crippen LogP contribution is -2.05. The maximum atomic E-state index is 11.4. The van der Waals surface area contributed by atoms with Gasteiger partial charge in [0.05, 0.1) is 7.11 Å². The molecule has 0 fully saturated rings. The number of hydrogen-bond donors (Lipinski definition) is 1. The molecule has 0 aliphatic rings. The molecule has 0 bridgehead atoms. The lowest BCUT2D eigenvalue weighted by atomic mass is 10.2. The minimum atomic E-state index is -0.364. The van der Waals surface area contributed by atoms with E-state index in [2.05, 4.69) is 21.3 Å². The number of unbranched alkanes of at least 4 members (excludes halogenated alkanes) is 2. The fraction of sp³-hybridized carbons (Fsp3) is 0.667. The first-order chi connectivity index (χ1) is 8.69. The van der Waals surface area contributed by atoms with E-state index in [1.54, 1.807) is 0 Å². The summed E-state index contributed by atoms with van der Waals surface area (Å²) in [4.78, 5) is 16.5. The predicted octanol–water partition coefficient (Wildman–Crippen LogP) is 3.18. The first kappa shape index (κ1) is 15.3. The van der Waals surface area contributed by atoms with Gasteiger partial charge in [-0.05, 0) is 31.8 Å². The summed E-state index contributed by atoms with van der Waals surface area (Å²) in [6.07, 6.45) is 5.74. The van der Waals surface area contributed by atoms with Crippen LogP contribution >= 0.6 is 23.1 Å². The standard InChI is InChI=1S/C12H20N2O2S2/c1-9-10(11(15)16-2)14-12(18-9)13-7-5-4-6-8-17-3/h4-8H2,1-3H3,(H,13,14). The van der Waals surface area contributed by atoms with Gasteiger partial charge in [-0.2, -0.15) is 11.8 Å². The van der Waals surface area contributed by atoms with E-state index in [1.165, 1.54) is 37.0 Å². The van der Waals surface area contributed by atoms with Crippen molar-refractivity contribution in [3.63, 3.8) is 0 Å². The zero-order valence-corrected chi connectivity index (χ0v) is 12.7. The van der Waals surface area contributed by atoms with Crippen LogP contribution in [0.1, 0.15) is 34.6 Å². The molecule has 0 radical (unpaired) electrons. The van der Waals surface area contributed by atoms with E-state index in [4.69, 9.17) is 0 Å². The van der Waals surface area contributed by atoms with Crippen molar-refractivity contribution in [1.82, 2.24) is 4.98 Å². The van der Waals surface area contributed by atoms with Crippen LogP contribution in [0.15, 0.2) is 0 Å². The third kappa shape index (κ3) is 4.86. The second-order valence-electron chi connectivity index (χ2n) is 3.90. The largest absolute Gasteiger partial charge is 0.464 e. The average Bonchev–Trinajstić information content (AvgIpc) is 2.74. The van der Waals surface area contributed by atoms with Gasteiger partial charge >= 0.3 is 5.97 Å². The molecule has 102 valence electrons. The summed E-state index contributed by atoms with van der Waals surface area (Å²) in [5, 5.41) is 4.06. The Labute approximate surface area is 117 Å². The summed E-state index contributed by atoms with van der Waals surface area (Å²) >= 11 is 3.38. The Hall–Kier alpha value is -0.750. The van der Waals surface area contributed by atoms with E-state index in [0.717, 1.165) is 23.0 Å². The summed E-state index contributed by atoms with van der Waals surface area (Å²) in [6.45, 7) is 2.79. The second-order valence-corrected chi connectivity index (χ2v) is 6.08. The van der Waals surface area contributed by atoms with E-state index in [9.17, 15) is 4.79 Å². The van der Waals surface area contributed by atoms with Crippen LogP contribution in [0.2, 0.25) is 0 Å². The van der Waals surface area contributed by atoms with E-state index in [-0.39, 0.29) is 5.97 Å². The lowest BCUT2D eigenvalue weighted by molar-refractivity contribution is 0.0594. The molecule has 0 spiro atoms. The van der Waals surface area contributed by atoms with E-state index < -0.39 is 0 Å². The number of nitrogens with zero attached hydrogens (tertiary/aromatic N) is 1. The number of methoxy groups -OCH3 is 1. The average molecular weight is 288 g/mol. The van der Waals surface area contributed by atoms with Crippen LogP contribution in [-0.4, -0.2) is 36.6 Å². The number of hydrogen-bond acceptors (Lipinski definition) is 6. The molecule has 1 aromatic heterocycles. The molecule has 1 aromatic rings. The molecule has 0 aliphatic carbocycles. The van der Waals surface area contributed by atoms with Crippen LogP contribution < -0.4 is 5.32 Å².